The van der Waals surface area contributed by atoms with Crippen LogP contribution in [0.1, 0.15) is 22.3 Å². The van der Waals surface area contributed by atoms with Crippen LogP contribution >= 0.6 is 23.2 Å². The van der Waals surface area contributed by atoms with Gasteiger partial charge in [0.2, 0.25) is 11.9 Å². The number of phenolic OH excluding ortho intramolecular Hbond substituents is 1. The molecule has 0 spiro atoms. The number of hydrogen-bond donors (Lipinski definition) is 3. The first-order chi connectivity index (χ1) is 20.9. The summed E-state index contributed by atoms with van der Waals surface area (Å²) in [5.74, 6) is -0.803. The minimum absolute atomic E-state index is 0.0526. The van der Waals surface area contributed by atoms with Crippen molar-refractivity contribution in [3.05, 3.63) is 106 Å². The van der Waals surface area contributed by atoms with Crippen LogP contribution in [0.3, 0.4) is 0 Å². The fourth-order valence-electron chi connectivity index (χ4n) is 4.57. The number of anilines is 5. The molecule has 44 heavy (non-hydrogen) atoms. The number of halogens is 5. The minimum Gasteiger partial charge on any atom is -0.506 e. The normalized spacial score (nSPS) is 13.0. The summed E-state index contributed by atoms with van der Waals surface area (Å²) in [7, 11) is 0. The zero-order valence-electron chi connectivity index (χ0n) is 22.9. The molecule has 0 fully saturated rings. The average Bonchev–Trinajstić information content (AvgIpc) is 2.99. The molecule has 3 N–H and O–H groups in total. The van der Waals surface area contributed by atoms with Crippen molar-refractivity contribution in [2.24, 2.45) is 0 Å². The van der Waals surface area contributed by atoms with Crippen molar-refractivity contribution in [3.63, 3.8) is 0 Å². The Balaban J connectivity index is 1.58. The second-order valence-corrected chi connectivity index (χ2v) is 10.5. The SMILES string of the molecule is C=CC(=O)Nc1cc(C(F)(F)F)ccc1Nc1ncc2c(n1)N(Cc1ccccc1)C(=O)N(c1c(Cl)c(C)cc(O)c1Cl)C2. The van der Waals surface area contributed by atoms with Gasteiger partial charge in [0.15, 0.2) is 0 Å². The Morgan fingerprint density at radius 3 is 2.52 bits per heavy atom. The Labute approximate surface area is 259 Å². The maximum absolute atomic E-state index is 14.0. The third kappa shape index (κ3) is 6.12. The third-order valence-electron chi connectivity index (χ3n) is 6.72. The smallest absolute Gasteiger partial charge is 0.416 e. The van der Waals surface area contributed by atoms with Crippen molar-refractivity contribution >= 4 is 64.0 Å². The van der Waals surface area contributed by atoms with Crippen LogP contribution in [0.15, 0.2) is 73.4 Å². The Bertz CT molecular complexity index is 1760. The molecule has 0 atom stereocenters. The lowest BCUT2D eigenvalue weighted by Gasteiger charge is -2.37. The highest BCUT2D eigenvalue weighted by Gasteiger charge is 2.36. The summed E-state index contributed by atoms with van der Waals surface area (Å²) in [6.07, 6.45) is -2.28. The number of carbonyl (C=O) groups excluding carboxylic acids is 2. The molecule has 1 aliphatic heterocycles. The number of phenols is 1. The largest absolute Gasteiger partial charge is 0.506 e. The van der Waals surface area contributed by atoms with Gasteiger partial charge in [0.05, 0.1) is 40.7 Å². The van der Waals surface area contributed by atoms with E-state index in [1.807, 2.05) is 30.3 Å². The lowest BCUT2D eigenvalue weighted by Crippen LogP contribution is -2.47. The molecule has 0 aliphatic carbocycles. The van der Waals surface area contributed by atoms with E-state index in [1.165, 1.54) is 22.1 Å². The molecule has 0 bridgehead atoms. The number of aromatic hydroxyl groups is 1. The fourth-order valence-corrected chi connectivity index (χ4v) is 5.12. The number of nitrogens with zero attached hydrogens (tertiary/aromatic N) is 4. The summed E-state index contributed by atoms with van der Waals surface area (Å²) < 4.78 is 40.2. The van der Waals surface area contributed by atoms with Crippen LogP contribution in [0.4, 0.5) is 46.8 Å². The molecule has 9 nitrogen and oxygen atoms in total. The van der Waals surface area contributed by atoms with E-state index in [-0.39, 0.29) is 57.7 Å². The van der Waals surface area contributed by atoms with Crippen LogP contribution in [-0.2, 0) is 24.1 Å². The fraction of sp³-hybridized carbons (Fsp3) is 0.133. The van der Waals surface area contributed by atoms with Crippen molar-refractivity contribution < 1.29 is 27.9 Å². The van der Waals surface area contributed by atoms with E-state index < -0.39 is 23.7 Å². The number of alkyl halides is 3. The van der Waals surface area contributed by atoms with Gasteiger partial charge in [0, 0.05) is 11.8 Å². The number of nitrogens with one attached hydrogen (secondary N) is 2. The number of carbonyl (C=O) groups is 2. The highest BCUT2D eigenvalue weighted by Crippen LogP contribution is 2.45. The summed E-state index contributed by atoms with van der Waals surface area (Å²) in [6.45, 7) is 5.03. The van der Waals surface area contributed by atoms with Crippen molar-refractivity contribution in [2.45, 2.75) is 26.2 Å². The molecule has 0 unspecified atom stereocenters. The minimum atomic E-state index is -4.65. The number of urea groups is 1. The molecular formula is C30H23Cl2F3N6O3. The van der Waals surface area contributed by atoms with Crippen molar-refractivity contribution in [1.82, 2.24) is 9.97 Å². The van der Waals surface area contributed by atoms with Gasteiger partial charge >= 0.3 is 12.2 Å². The Morgan fingerprint density at radius 2 is 1.84 bits per heavy atom. The number of amides is 3. The molecular weight excluding hydrogens is 620 g/mol. The molecule has 3 amide bonds. The van der Waals surface area contributed by atoms with Crippen molar-refractivity contribution in [1.29, 1.82) is 0 Å². The first-order valence-electron chi connectivity index (χ1n) is 13.0. The first kappa shape index (κ1) is 30.6. The molecule has 0 radical (unpaired) electrons. The summed E-state index contributed by atoms with van der Waals surface area (Å²) in [6, 6.07) is 12.7. The quantitative estimate of drug-likeness (QED) is 0.177. The standard InChI is InChI=1S/C30H23Cl2F3N6O3/c1-3-23(43)37-21-12-19(30(33,34)35)9-10-20(21)38-28-36-13-18-15-40(26-24(31)16(2)11-22(42)25(26)32)29(44)41(27(18)39-28)14-17-7-5-4-6-8-17/h3-13,42H,1,14-15H2,2H3,(H,37,43)(H,36,38,39). The van der Waals surface area contributed by atoms with Gasteiger partial charge in [-0.05, 0) is 48.4 Å². The topological polar surface area (TPSA) is 111 Å². The van der Waals surface area contributed by atoms with Crippen molar-refractivity contribution in [3.8, 4) is 5.75 Å². The monoisotopic (exact) mass is 642 g/mol. The average molecular weight is 643 g/mol. The number of aromatic nitrogens is 2. The molecule has 4 aromatic rings. The molecule has 0 saturated heterocycles. The van der Waals surface area contributed by atoms with E-state index in [0.717, 1.165) is 29.8 Å². The predicted octanol–water partition coefficient (Wildman–Crippen LogP) is 7.83. The molecule has 226 valence electrons. The number of hydrogen-bond acceptors (Lipinski definition) is 6. The maximum atomic E-state index is 14.0. The van der Waals surface area contributed by atoms with Gasteiger partial charge in [0.25, 0.3) is 0 Å². The summed E-state index contributed by atoms with van der Waals surface area (Å²) >= 11 is 13.0. The number of rotatable bonds is 7. The number of aryl methyl sites for hydroxylation is 1. The molecule has 14 heteroatoms. The van der Waals surface area contributed by atoms with Gasteiger partial charge in [-0.2, -0.15) is 18.2 Å². The van der Waals surface area contributed by atoms with E-state index in [0.29, 0.717) is 11.1 Å². The Kier molecular flexibility index (Phi) is 8.40. The summed E-state index contributed by atoms with van der Waals surface area (Å²) in [5, 5.41) is 15.7. The van der Waals surface area contributed by atoms with Crippen LogP contribution in [-0.4, -0.2) is 27.0 Å². The summed E-state index contributed by atoms with van der Waals surface area (Å²) in [4.78, 5) is 37.6. The van der Waals surface area contributed by atoms with E-state index >= 15 is 0 Å². The van der Waals surface area contributed by atoms with E-state index in [4.69, 9.17) is 23.2 Å². The van der Waals surface area contributed by atoms with Crippen molar-refractivity contribution in [2.75, 3.05) is 20.4 Å². The Morgan fingerprint density at radius 1 is 1.11 bits per heavy atom. The van der Waals surface area contributed by atoms with E-state index in [1.54, 1.807) is 6.92 Å². The predicted molar refractivity (Wildman–Crippen MR) is 163 cm³/mol. The number of benzene rings is 3. The number of fused-ring (bicyclic) bond motifs is 1. The zero-order chi connectivity index (χ0) is 31.8. The second kappa shape index (κ2) is 12.1. The molecule has 5 rings (SSSR count). The second-order valence-electron chi connectivity index (χ2n) is 9.75. The zero-order valence-corrected chi connectivity index (χ0v) is 24.4. The molecule has 3 aromatic carbocycles. The highest BCUT2D eigenvalue weighted by molar-refractivity contribution is 6.41. The van der Waals surface area contributed by atoms with Gasteiger partial charge in [-0.1, -0.05) is 60.1 Å². The molecule has 2 heterocycles. The maximum Gasteiger partial charge on any atom is 0.416 e. The third-order valence-corrected chi connectivity index (χ3v) is 7.57. The van der Waals surface area contributed by atoms with Crippen LogP contribution in [0.5, 0.6) is 5.75 Å². The van der Waals surface area contributed by atoms with Gasteiger partial charge in [-0.15, -0.1) is 0 Å². The van der Waals surface area contributed by atoms with Crippen LogP contribution < -0.4 is 20.4 Å². The van der Waals surface area contributed by atoms with E-state index in [9.17, 15) is 27.9 Å². The highest BCUT2D eigenvalue weighted by atomic mass is 35.5. The van der Waals surface area contributed by atoms with E-state index in [2.05, 4.69) is 27.2 Å². The summed E-state index contributed by atoms with van der Waals surface area (Å²) in [5.41, 5.74) is 0.791. The van der Waals surface area contributed by atoms with Gasteiger partial charge in [-0.3, -0.25) is 14.6 Å². The molecule has 1 aromatic heterocycles. The van der Waals surface area contributed by atoms with Crippen LogP contribution in [0, 0.1) is 6.92 Å². The lowest BCUT2D eigenvalue weighted by molar-refractivity contribution is -0.137. The molecule has 0 saturated carbocycles. The van der Waals surface area contributed by atoms with Gasteiger partial charge < -0.3 is 15.7 Å². The first-order valence-corrected chi connectivity index (χ1v) is 13.7. The van der Waals surface area contributed by atoms with Gasteiger partial charge in [-0.25, -0.2) is 9.78 Å². The Hall–Kier alpha value is -4.81. The van der Waals surface area contributed by atoms with Gasteiger partial charge in [0.1, 0.15) is 16.6 Å². The van der Waals surface area contributed by atoms with Crippen LogP contribution in [0.25, 0.3) is 0 Å². The lowest BCUT2D eigenvalue weighted by atomic mass is 10.1. The molecule has 1 aliphatic rings. The van der Waals surface area contributed by atoms with Crippen LogP contribution in [0.2, 0.25) is 10.0 Å².